The SMILES string of the molecule is O=C1/C(=C\c2ccc(-c3ccc(Br)cc3)o2)CCC/C1=C/c1ccc(-c2ccc(Br)cc2)o1. The lowest BCUT2D eigenvalue weighted by Gasteiger charge is -2.15. The first-order valence-corrected chi connectivity index (χ1v) is 12.3. The Kier molecular flexibility index (Phi) is 6.34. The lowest BCUT2D eigenvalue weighted by molar-refractivity contribution is -0.112. The summed E-state index contributed by atoms with van der Waals surface area (Å²) in [7, 11) is 0. The lowest BCUT2D eigenvalue weighted by Crippen LogP contribution is -2.12. The highest BCUT2D eigenvalue weighted by molar-refractivity contribution is 9.10. The Morgan fingerprint density at radius 2 is 1.03 bits per heavy atom. The van der Waals surface area contributed by atoms with Crippen molar-refractivity contribution < 1.29 is 13.6 Å². The Bertz CT molecular complexity index is 1250. The van der Waals surface area contributed by atoms with E-state index in [1.807, 2.05) is 84.9 Å². The highest BCUT2D eigenvalue weighted by Gasteiger charge is 2.21. The van der Waals surface area contributed by atoms with Gasteiger partial charge in [0.25, 0.3) is 0 Å². The molecule has 4 aromatic rings. The fourth-order valence-electron chi connectivity index (χ4n) is 3.92. The molecule has 2 aromatic carbocycles. The van der Waals surface area contributed by atoms with E-state index < -0.39 is 0 Å². The van der Waals surface area contributed by atoms with E-state index in [0.29, 0.717) is 11.5 Å². The summed E-state index contributed by atoms with van der Waals surface area (Å²) in [6.45, 7) is 0. The van der Waals surface area contributed by atoms with Crippen molar-refractivity contribution in [1.82, 2.24) is 0 Å². The van der Waals surface area contributed by atoms with Gasteiger partial charge in [-0.1, -0.05) is 56.1 Å². The molecule has 2 heterocycles. The van der Waals surface area contributed by atoms with Gasteiger partial charge in [0.1, 0.15) is 23.0 Å². The first-order valence-electron chi connectivity index (χ1n) is 10.7. The zero-order valence-electron chi connectivity index (χ0n) is 17.7. The highest BCUT2D eigenvalue weighted by atomic mass is 79.9. The van der Waals surface area contributed by atoms with Crippen LogP contribution in [0.3, 0.4) is 0 Å². The molecule has 0 saturated heterocycles. The molecule has 1 aliphatic rings. The molecule has 33 heavy (non-hydrogen) atoms. The predicted octanol–water partition coefficient (Wildman–Crippen LogP) is 8.95. The molecule has 0 aliphatic heterocycles. The zero-order valence-corrected chi connectivity index (χ0v) is 20.9. The first-order chi connectivity index (χ1) is 16.0. The van der Waals surface area contributed by atoms with Crippen molar-refractivity contribution in [1.29, 1.82) is 0 Å². The smallest absolute Gasteiger partial charge is 0.185 e. The number of Topliss-reactive ketones (excluding diaryl/α,β-unsaturated/α-hetero) is 1. The van der Waals surface area contributed by atoms with Crippen LogP contribution in [0.1, 0.15) is 30.8 Å². The van der Waals surface area contributed by atoms with Crippen LogP contribution in [-0.4, -0.2) is 5.78 Å². The fourth-order valence-corrected chi connectivity index (χ4v) is 4.45. The van der Waals surface area contributed by atoms with Crippen LogP contribution in [0.25, 0.3) is 34.8 Å². The third-order valence-corrected chi connectivity index (χ3v) is 6.68. The number of carbonyl (C=O) groups is 1. The van der Waals surface area contributed by atoms with Gasteiger partial charge in [-0.2, -0.15) is 0 Å². The van der Waals surface area contributed by atoms with Gasteiger partial charge in [-0.25, -0.2) is 0 Å². The molecule has 5 rings (SSSR count). The Hall–Kier alpha value is -2.89. The van der Waals surface area contributed by atoms with Gasteiger partial charge in [0, 0.05) is 31.2 Å². The van der Waals surface area contributed by atoms with Gasteiger partial charge in [-0.05, 0) is 79.9 Å². The molecule has 164 valence electrons. The summed E-state index contributed by atoms with van der Waals surface area (Å²) in [6, 6.07) is 23.6. The molecule has 0 unspecified atom stereocenters. The lowest BCUT2D eigenvalue weighted by atomic mass is 9.88. The van der Waals surface area contributed by atoms with Crippen LogP contribution in [0.15, 0.2) is 102 Å². The second kappa shape index (κ2) is 9.54. The Morgan fingerprint density at radius 3 is 1.45 bits per heavy atom. The van der Waals surface area contributed by atoms with E-state index in [1.165, 1.54) is 0 Å². The minimum absolute atomic E-state index is 0.0597. The van der Waals surface area contributed by atoms with E-state index >= 15 is 0 Å². The number of furan rings is 2. The molecule has 2 aromatic heterocycles. The van der Waals surface area contributed by atoms with E-state index in [-0.39, 0.29) is 5.78 Å². The van der Waals surface area contributed by atoms with Crippen LogP contribution < -0.4 is 0 Å². The van der Waals surface area contributed by atoms with E-state index in [2.05, 4.69) is 31.9 Å². The maximum Gasteiger partial charge on any atom is 0.185 e. The summed E-state index contributed by atoms with van der Waals surface area (Å²) in [5.74, 6) is 3.00. The second-order valence-corrected chi connectivity index (χ2v) is 9.77. The van der Waals surface area contributed by atoms with Crippen molar-refractivity contribution in [3.63, 3.8) is 0 Å². The maximum atomic E-state index is 13.1. The summed E-state index contributed by atoms with van der Waals surface area (Å²) in [5, 5.41) is 0. The van der Waals surface area contributed by atoms with E-state index in [0.717, 1.165) is 62.0 Å². The minimum atomic E-state index is 0.0597. The van der Waals surface area contributed by atoms with E-state index in [1.54, 1.807) is 0 Å². The number of hydrogen-bond donors (Lipinski definition) is 0. The largest absolute Gasteiger partial charge is 0.457 e. The van der Waals surface area contributed by atoms with Crippen molar-refractivity contribution >= 4 is 49.8 Å². The summed E-state index contributed by atoms with van der Waals surface area (Å²) in [4.78, 5) is 13.1. The second-order valence-electron chi connectivity index (χ2n) is 7.94. The van der Waals surface area contributed by atoms with Gasteiger partial charge in [-0.15, -0.1) is 0 Å². The molecule has 0 atom stereocenters. The van der Waals surface area contributed by atoms with Crippen LogP contribution in [-0.2, 0) is 4.79 Å². The van der Waals surface area contributed by atoms with E-state index in [4.69, 9.17) is 8.83 Å². The number of rotatable bonds is 4. The minimum Gasteiger partial charge on any atom is -0.457 e. The first kappa shape index (κ1) is 21.9. The highest BCUT2D eigenvalue weighted by Crippen LogP contribution is 2.31. The molecule has 0 N–H and O–H groups in total. The Morgan fingerprint density at radius 1 is 0.606 bits per heavy atom. The number of ketones is 1. The maximum absolute atomic E-state index is 13.1. The number of halogens is 2. The topological polar surface area (TPSA) is 43.4 Å². The molecule has 0 spiro atoms. The van der Waals surface area contributed by atoms with Gasteiger partial charge in [0.15, 0.2) is 5.78 Å². The fraction of sp³-hybridized carbons (Fsp3) is 0.107. The van der Waals surface area contributed by atoms with Crippen LogP contribution in [0.5, 0.6) is 0 Å². The molecule has 0 radical (unpaired) electrons. The van der Waals surface area contributed by atoms with Crippen LogP contribution in [0, 0.1) is 0 Å². The van der Waals surface area contributed by atoms with Gasteiger partial charge >= 0.3 is 0 Å². The predicted molar refractivity (Wildman–Crippen MR) is 138 cm³/mol. The van der Waals surface area contributed by atoms with Crippen LogP contribution >= 0.6 is 31.9 Å². The summed E-state index contributed by atoms with van der Waals surface area (Å²) >= 11 is 6.90. The number of hydrogen-bond acceptors (Lipinski definition) is 3. The molecule has 0 amide bonds. The van der Waals surface area contributed by atoms with Crippen molar-refractivity contribution in [2.45, 2.75) is 19.3 Å². The van der Waals surface area contributed by atoms with Crippen molar-refractivity contribution in [3.05, 3.63) is 104 Å². The number of benzene rings is 2. The average molecular weight is 564 g/mol. The summed E-state index contributed by atoms with van der Waals surface area (Å²) < 4.78 is 14.0. The molecule has 1 fully saturated rings. The van der Waals surface area contributed by atoms with Crippen molar-refractivity contribution in [2.24, 2.45) is 0 Å². The summed E-state index contributed by atoms with van der Waals surface area (Å²) in [5.41, 5.74) is 3.53. The molecule has 1 saturated carbocycles. The van der Waals surface area contributed by atoms with E-state index in [9.17, 15) is 4.79 Å². The number of carbonyl (C=O) groups excluding carboxylic acids is 1. The van der Waals surface area contributed by atoms with Crippen molar-refractivity contribution in [3.8, 4) is 22.6 Å². The quantitative estimate of drug-likeness (QED) is 0.233. The van der Waals surface area contributed by atoms with Gasteiger partial charge in [-0.3, -0.25) is 4.79 Å². The number of allylic oxidation sites excluding steroid dienone is 2. The van der Waals surface area contributed by atoms with Crippen LogP contribution in [0.4, 0.5) is 0 Å². The van der Waals surface area contributed by atoms with Crippen LogP contribution in [0.2, 0.25) is 0 Å². The molecule has 1 aliphatic carbocycles. The van der Waals surface area contributed by atoms with Gasteiger partial charge in [0.05, 0.1) is 0 Å². The van der Waals surface area contributed by atoms with Crippen molar-refractivity contribution in [2.75, 3.05) is 0 Å². The molecule has 0 bridgehead atoms. The standard InChI is InChI=1S/C28H20Br2O3/c29-22-8-4-18(5-9-22)26-14-12-24(32-26)16-20-2-1-3-21(28(20)31)17-25-13-15-27(33-25)19-6-10-23(30)11-7-19/h4-17H,1-3H2/b20-16-,21-17-. The third kappa shape index (κ3) is 5.05. The molecular formula is C28H20Br2O3. The van der Waals surface area contributed by atoms with Gasteiger partial charge < -0.3 is 8.83 Å². The Balaban J connectivity index is 1.35. The molecule has 3 nitrogen and oxygen atoms in total. The average Bonchev–Trinajstić information content (AvgIpc) is 3.48. The molecule has 5 heteroatoms. The third-order valence-electron chi connectivity index (χ3n) is 5.62. The zero-order chi connectivity index (χ0) is 22.8. The Labute approximate surface area is 209 Å². The normalized spacial score (nSPS) is 16.6. The monoisotopic (exact) mass is 562 g/mol. The van der Waals surface area contributed by atoms with Gasteiger partial charge in [0.2, 0.25) is 0 Å². The summed E-state index contributed by atoms with van der Waals surface area (Å²) in [6.07, 6.45) is 6.14. The molecular weight excluding hydrogens is 544 g/mol.